The van der Waals surface area contributed by atoms with Crippen LogP contribution in [0.1, 0.15) is 85.8 Å². The van der Waals surface area contributed by atoms with Crippen LogP contribution in [-0.2, 0) is 16.0 Å². The second-order valence-electron chi connectivity index (χ2n) is 10.9. The summed E-state index contributed by atoms with van der Waals surface area (Å²) in [6, 6.07) is 11.6. The molecule has 42 heavy (non-hydrogen) atoms. The summed E-state index contributed by atoms with van der Waals surface area (Å²) in [4.78, 5) is 51.9. The molecule has 10 heteroatoms. The molecule has 1 aliphatic rings. The highest BCUT2D eigenvalue weighted by atomic mass is 19.1. The second-order valence-corrected chi connectivity index (χ2v) is 10.9. The van der Waals surface area contributed by atoms with Crippen LogP contribution in [0.2, 0.25) is 0 Å². The van der Waals surface area contributed by atoms with Crippen molar-refractivity contribution in [2.45, 2.75) is 70.6 Å². The Morgan fingerprint density at radius 3 is 2.07 bits per heavy atom. The lowest BCUT2D eigenvalue weighted by atomic mass is 10.0. The third-order valence-electron chi connectivity index (χ3n) is 7.86. The van der Waals surface area contributed by atoms with Crippen LogP contribution in [0.3, 0.4) is 0 Å². The maximum atomic E-state index is 14.8. The number of hydrogen-bond donors (Lipinski definition) is 2. The minimum atomic E-state index is -0.737. The SMILES string of the molecule is O=C(O)CCCCCCCCCCC(=O)N1CCN(C(=O)c2cc(Cc3n[nH]c(=O)c4ccccc34)ccc2F)CC1. The van der Waals surface area contributed by atoms with E-state index in [-0.39, 0.29) is 23.5 Å². The van der Waals surface area contributed by atoms with E-state index in [0.717, 1.165) is 51.4 Å². The molecule has 0 radical (unpaired) electrons. The third-order valence-corrected chi connectivity index (χ3v) is 7.86. The second kappa shape index (κ2) is 15.2. The number of benzene rings is 2. The van der Waals surface area contributed by atoms with Gasteiger partial charge in [-0.05, 0) is 36.6 Å². The smallest absolute Gasteiger partial charge is 0.303 e. The van der Waals surface area contributed by atoms with Crippen LogP contribution in [0.5, 0.6) is 0 Å². The van der Waals surface area contributed by atoms with Crippen LogP contribution in [0, 0.1) is 5.82 Å². The molecule has 0 aliphatic carbocycles. The summed E-state index contributed by atoms with van der Waals surface area (Å²) in [7, 11) is 0. The number of carboxylic acids is 1. The van der Waals surface area contributed by atoms with Gasteiger partial charge >= 0.3 is 5.97 Å². The number of H-pyrrole nitrogens is 1. The Labute approximate surface area is 244 Å². The van der Waals surface area contributed by atoms with E-state index in [1.807, 2.05) is 12.1 Å². The van der Waals surface area contributed by atoms with Gasteiger partial charge < -0.3 is 14.9 Å². The summed E-state index contributed by atoms with van der Waals surface area (Å²) >= 11 is 0. The Morgan fingerprint density at radius 1 is 0.810 bits per heavy atom. The highest BCUT2D eigenvalue weighted by molar-refractivity contribution is 5.95. The minimum absolute atomic E-state index is 0.0112. The molecule has 0 bridgehead atoms. The number of carbonyl (C=O) groups excluding carboxylic acids is 2. The van der Waals surface area contributed by atoms with Crippen LogP contribution in [0.25, 0.3) is 10.8 Å². The molecule has 224 valence electrons. The zero-order chi connectivity index (χ0) is 29.9. The lowest BCUT2D eigenvalue weighted by molar-refractivity contribution is -0.137. The van der Waals surface area contributed by atoms with E-state index < -0.39 is 17.7 Å². The molecule has 4 rings (SSSR count). The van der Waals surface area contributed by atoms with Gasteiger partial charge in [0, 0.05) is 50.8 Å². The number of aromatic nitrogens is 2. The Balaban J connectivity index is 1.21. The van der Waals surface area contributed by atoms with Gasteiger partial charge in [-0.2, -0.15) is 5.10 Å². The number of nitrogens with zero attached hydrogens (tertiary/aromatic N) is 3. The molecule has 1 saturated heterocycles. The van der Waals surface area contributed by atoms with Crippen molar-refractivity contribution in [1.82, 2.24) is 20.0 Å². The molecule has 2 N–H and O–H groups in total. The van der Waals surface area contributed by atoms with Gasteiger partial charge in [-0.3, -0.25) is 19.2 Å². The Bertz CT molecular complexity index is 1450. The van der Waals surface area contributed by atoms with Crippen LogP contribution in [-0.4, -0.2) is 69.1 Å². The molecule has 9 nitrogen and oxygen atoms in total. The fourth-order valence-corrected chi connectivity index (χ4v) is 5.45. The fourth-order valence-electron chi connectivity index (χ4n) is 5.45. The summed E-state index contributed by atoms with van der Waals surface area (Å²) in [5.74, 6) is -1.64. The maximum Gasteiger partial charge on any atom is 0.303 e. The molecular weight excluding hydrogens is 539 g/mol. The van der Waals surface area contributed by atoms with E-state index in [4.69, 9.17) is 5.11 Å². The van der Waals surface area contributed by atoms with E-state index in [2.05, 4.69) is 10.2 Å². The van der Waals surface area contributed by atoms with Gasteiger partial charge in [-0.1, -0.05) is 62.8 Å². The number of fused-ring (bicyclic) bond motifs is 1. The fraction of sp³-hybridized carbons (Fsp3) is 0.469. The summed E-state index contributed by atoms with van der Waals surface area (Å²) in [5.41, 5.74) is 1.05. The number of hydrogen-bond acceptors (Lipinski definition) is 5. The molecule has 1 aromatic heterocycles. The quantitative estimate of drug-likeness (QED) is 0.262. The molecule has 2 aromatic carbocycles. The van der Waals surface area contributed by atoms with Crippen molar-refractivity contribution >= 4 is 28.6 Å². The lowest BCUT2D eigenvalue weighted by Crippen LogP contribution is -2.50. The predicted molar refractivity (Wildman–Crippen MR) is 158 cm³/mol. The van der Waals surface area contributed by atoms with Gasteiger partial charge in [-0.15, -0.1) is 0 Å². The average molecular weight is 579 g/mol. The number of carbonyl (C=O) groups is 3. The van der Waals surface area contributed by atoms with Crippen molar-refractivity contribution in [2.75, 3.05) is 26.2 Å². The molecule has 1 aliphatic heterocycles. The number of aromatic amines is 1. The van der Waals surface area contributed by atoms with Crippen molar-refractivity contribution in [3.05, 3.63) is 75.5 Å². The van der Waals surface area contributed by atoms with Gasteiger partial charge in [0.15, 0.2) is 0 Å². The normalized spacial score (nSPS) is 13.5. The standard InChI is InChI=1S/C32H39FN4O5/c33-27-16-15-23(22-28-24-11-9-10-12-25(24)31(41)35-34-28)21-26(27)32(42)37-19-17-36(18-20-37)29(38)13-7-5-3-1-2-4-6-8-14-30(39)40/h9-12,15-16,21H,1-8,13-14,17-20,22H2,(H,35,41)(H,39,40). The first kappa shape index (κ1) is 30.9. The molecule has 3 aromatic rings. The van der Waals surface area contributed by atoms with Crippen molar-refractivity contribution in [2.24, 2.45) is 0 Å². The maximum absolute atomic E-state index is 14.8. The molecule has 0 spiro atoms. The molecule has 0 atom stereocenters. The molecule has 0 saturated carbocycles. The van der Waals surface area contributed by atoms with Crippen LogP contribution in [0.4, 0.5) is 4.39 Å². The Morgan fingerprint density at radius 2 is 1.40 bits per heavy atom. The van der Waals surface area contributed by atoms with Crippen molar-refractivity contribution < 1.29 is 23.9 Å². The van der Waals surface area contributed by atoms with E-state index in [1.54, 1.807) is 34.1 Å². The summed E-state index contributed by atoms with van der Waals surface area (Å²) in [6.45, 7) is 1.55. The zero-order valence-corrected chi connectivity index (χ0v) is 23.9. The van der Waals surface area contributed by atoms with Crippen LogP contribution < -0.4 is 5.56 Å². The summed E-state index contributed by atoms with van der Waals surface area (Å²) in [6.07, 6.45) is 8.84. The Hall–Kier alpha value is -4.08. The summed E-state index contributed by atoms with van der Waals surface area (Å²) < 4.78 is 14.8. The predicted octanol–water partition coefficient (Wildman–Crippen LogP) is 4.92. The van der Waals surface area contributed by atoms with Crippen molar-refractivity contribution in [1.29, 1.82) is 0 Å². The van der Waals surface area contributed by atoms with Crippen LogP contribution >= 0.6 is 0 Å². The van der Waals surface area contributed by atoms with E-state index >= 15 is 0 Å². The number of halogens is 1. The van der Waals surface area contributed by atoms with E-state index in [1.165, 1.54) is 6.07 Å². The number of amides is 2. The molecule has 2 amide bonds. The number of rotatable bonds is 14. The number of carboxylic acid groups (broad SMARTS) is 1. The largest absolute Gasteiger partial charge is 0.481 e. The highest BCUT2D eigenvalue weighted by Gasteiger charge is 2.26. The van der Waals surface area contributed by atoms with Crippen molar-refractivity contribution in [3.63, 3.8) is 0 Å². The molecule has 2 heterocycles. The van der Waals surface area contributed by atoms with Gasteiger partial charge in [0.2, 0.25) is 5.91 Å². The molecule has 0 unspecified atom stereocenters. The monoisotopic (exact) mass is 578 g/mol. The first-order valence-corrected chi connectivity index (χ1v) is 14.9. The van der Waals surface area contributed by atoms with Crippen molar-refractivity contribution in [3.8, 4) is 0 Å². The minimum Gasteiger partial charge on any atom is -0.481 e. The van der Waals surface area contributed by atoms with Crippen LogP contribution in [0.15, 0.2) is 47.3 Å². The van der Waals surface area contributed by atoms with Gasteiger partial charge in [0.05, 0.1) is 16.6 Å². The topological polar surface area (TPSA) is 124 Å². The first-order chi connectivity index (χ1) is 20.3. The third kappa shape index (κ3) is 8.47. The summed E-state index contributed by atoms with van der Waals surface area (Å²) in [5, 5.41) is 16.6. The first-order valence-electron chi connectivity index (χ1n) is 14.9. The van der Waals surface area contributed by atoms with Gasteiger partial charge in [-0.25, -0.2) is 9.49 Å². The number of unbranched alkanes of at least 4 members (excludes halogenated alkanes) is 7. The zero-order valence-electron chi connectivity index (χ0n) is 23.9. The number of nitrogens with one attached hydrogen (secondary N) is 1. The molecular formula is C32H39FN4O5. The highest BCUT2D eigenvalue weighted by Crippen LogP contribution is 2.20. The van der Waals surface area contributed by atoms with E-state index in [9.17, 15) is 23.6 Å². The lowest BCUT2D eigenvalue weighted by Gasteiger charge is -2.35. The number of piperazine rings is 1. The molecule has 1 fully saturated rings. The van der Waals surface area contributed by atoms with Gasteiger partial charge in [0.25, 0.3) is 11.5 Å². The average Bonchev–Trinajstić information content (AvgIpc) is 3.00. The van der Waals surface area contributed by atoms with E-state index in [0.29, 0.717) is 61.1 Å². The number of aliphatic carboxylic acids is 1. The Kier molecular flexibility index (Phi) is 11.2. The van der Waals surface area contributed by atoms with Gasteiger partial charge in [0.1, 0.15) is 5.82 Å².